The van der Waals surface area contributed by atoms with Crippen molar-refractivity contribution in [1.29, 1.82) is 0 Å². The zero-order valence-corrected chi connectivity index (χ0v) is 58.1. The maximum Gasteiger partial charge on any atom is 0.416 e. The van der Waals surface area contributed by atoms with Gasteiger partial charge < -0.3 is 49.4 Å². The molecule has 5 atom stereocenters. The van der Waals surface area contributed by atoms with E-state index in [1.807, 2.05) is 72.6 Å². The van der Waals surface area contributed by atoms with E-state index in [2.05, 4.69) is 53.7 Å². The van der Waals surface area contributed by atoms with E-state index in [4.69, 9.17) is 18.9 Å². The smallest absolute Gasteiger partial charge is 0.416 e. The number of methoxy groups -OCH3 is 1. The molecule has 6 amide bonds. The van der Waals surface area contributed by atoms with E-state index >= 15 is 0 Å². The monoisotopic (exact) mass is 1370 g/mol. The summed E-state index contributed by atoms with van der Waals surface area (Å²) in [6.07, 6.45) is 4.10. The molecule has 101 heavy (non-hydrogen) atoms. The molecule has 0 aromatic heterocycles. The Bertz CT molecular complexity index is 4330. The normalized spacial score (nSPS) is 18.1. The van der Waals surface area contributed by atoms with E-state index in [9.17, 15) is 48.3 Å². The van der Waals surface area contributed by atoms with Crippen LogP contribution in [-0.2, 0) is 59.5 Å². The van der Waals surface area contributed by atoms with Crippen LogP contribution in [0.2, 0.25) is 0 Å². The van der Waals surface area contributed by atoms with Gasteiger partial charge in [0.25, 0.3) is 11.8 Å². The molecule has 2 fully saturated rings. The van der Waals surface area contributed by atoms with Crippen LogP contribution < -0.4 is 34.6 Å². The third kappa shape index (κ3) is 16.1. The van der Waals surface area contributed by atoms with E-state index in [1.54, 1.807) is 80.1 Å². The molecule has 20 nitrogen and oxygen atoms in total. The minimum absolute atomic E-state index is 0.0443. The minimum Gasteiger partial charge on any atom is -0.493 e. The fourth-order valence-electron chi connectivity index (χ4n) is 14.2. The molecule has 6 aliphatic rings. The molecule has 0 bridgehead atoms. The number of aliphatic hydroxyl groups is 1. The van der Waals surface area contributed by atoms with Gasteiger partial charge in [0.1, 0.15) is 18.1 Å². The molecule has 0 radical (unpaired) electrons. The van der Waals surface area contributed by atoms with Gasteiger partial charge >= 0.3 is 6.09 Å². The van der Waals surface area contributed by atoms with E-state index < -0.39 is 47.9 Å². The number of nitrogens with one attached hydrogen (secondary N) is 2. The molecule has 6 aromatic rings. The van der Waals surface area contributed by atoms with Crippen LogP contribution in [0, 0.1) is 42.9 Å². The van der Waals surface area contributed by atoms with Crippen molar-refractivity contribution in [3.05, 3.63) is 189 Å². The molecular formula is C81H86N6O14. The summed E-state index contributed by atoms with van der Waals surface area (Å²) in [7, 11) is 1.55. The number of amides is 6. The van der Waals surface area contributed by atoms with E-state index in [0.717, 1.165) is 58.4 Å². The fraction of sp³-hybridized carbons (Fsp3) is 0.395. The van der Waals surface area contributed by atoms with Gasteiger partial charge in [0.15, 0.2) is 29.3 Å². The predicted molar refractivity (Wildman–Crippen MR) is 379 cm³/mol. The zero-order chi connectivity index (χ0) is 71.2. The third-order valence-corrected chi connectivity index (χ3v) is 20.4. The second-order valence-electron chi connectivity index (χ2n) is 28.0. The summed E-state index contributed by atoms with van der Waals surface area (Å²) in [5.74, 6) is 4.03. The van der Waals surface area contributed by atoms with Crippen molar-refractivity contribution in [2.24, 2.45) is 17.3 Å². The Morgan fingerprint density at radius 2 is 1.43 bits per heavy atom. The number of benzene rings is 6. The number of Topliss-reactive ketones (excluding diaryl/α,β-unsaturated/α-hetero) is 3. The highest BCUT2D eigenvalue weighted by atomic mass is 16.6. The van der Waals surface area contributed by atoms with E-state index in [-0.39, 0.29) is 123 Å². The van der Waals surface area contributed by atoms with Crippen LogP contribution in [0.15, 0.2) is 128 Å². The largest absolute Gasteiger partial charge is 0.493 e. The lowest BCUT2D eigenvalue weighted by Crippen LogP contribution is -2.50. The number of rotatable bonds is 26. The minimum atomic E-state index is -1.43. The van der Waals surface area contributed by atoms with Crippen molar-refractivity contribution in [1.82, 2.24) is 20.4 Å². The average Bonchev–Trinajstić information content (AvgIpc) is 1.57. The second-order valence-corrected chi connectivity index (χ2v) is 28.0. The lowest BCUT2D eigenvalue weighted by Gasteiger charge is -2.31. The van der Waals surface area contributed by atoms with Crippen LogP contribution in [0.4, 0.5) is 16.2 Å². The van der Waals surface area contributed by atoms with Crippen molar-refractivity contribution in [3.8, 4) is 29.1 Å². The Labute approximate surface area is 588 Å². The molecule has 1 spiro atoms. The molecule has 1 unspecified atom stereocenters. The van der Waals surface area contributed by atoms with Gasteiger partial charge in [-0.05, 0) is 146 Å². The second kappa shape index (κ2) is 30.6. The van der Waals surface area contributed by atoms with Gasteiger partial charge in [-0.25, -0.2) is 9.69 Å². The summed E-state index contributed by atoms with van der Waals surface area (Å²) in [5.41, 5.74) is 10.2. The number of ether oxygens (including phenoxy) is 4. The molecule has 12 rings (SSSR count). The first-order chi connectivity index (χ1) is 48.6. The van der Waals surface area contributed by atoms with Gasteiger partial charge in [-0.2, -0.15) is 0 Å². The maximum absolute atomic E-state index is 14.5. The zero-order valence-electron chi connectivity index (χ0n) is 58.1. The fourth-order valence-corrected chi connectivity index (χ4v) is 14.2. The van der Waals surface area contributed by atoms with Gasteiger partial charge in [-0.3, -0.25) is 38.4 Å². The Balaban J connectivity index is 0.599. The third-order valence-electron chi connectivity index (χ3n) is 20.4. The summed E-state index contributed by atoms with van der Waals surface area (Å²) >= 11 is 0. The molecule has 5 aliphatic heterocycles. The van der Waals surface area contributed by atoms with E-state index in [1.165, 1.54) is 5.56 Å². The van der Waals surface area contributed by atoms with Crippen LogP contribution >= 0.6 is 0 Å². The lowest BCUT2D eigenvalue weighted by atomic mass is 9.89. The summed E-state index contributed by atoms with van der Waals surface area (Å²) < 4.78 is 24.3. The Morgan fingerprint density at radius 3 is 2.17 bits per heavy atom. The molecule has 6 aromatic carbocycles. The van der Waals surface area contributed by atoms with Gasteiger partial charge in [0, 0.05) is 92.4 Å². The first kappa shape index (κ1) is 70.5. The number of aliphatic hydroxyl groups excluding tert-OH is 1. The quantitative estimate of drug-likeness (QED) is 0.0338. The van der Waals surface area contributed by atoms with Crippen LogP contribution in [0.5, 0.6) is 17.2 Å². The molecule has 1 saturated carbocycles. The number of hydrogen-bond donors (Lipinski definition) is 3. The van der Waals surface area contributed by atoms with Gasteiger partial charge in [-0.15, -0.1) is 0 Å². The Hall–Kier alpha value is -10.4. The molecule has 5 heterocycles. The van der Waals surface area contributed by atoms with Crippen LogP contribution in [0.3, 0.4) is 0 Å². The number of carbonyl (C=O) groups excluding carboxylic acids is 9. The highest BCUT2D eigenvalue weighted by molar-refractivity contribution is 6.06. The highest BCUT2D eigenvalue weighted by Crippen LogP contribution is 2.57. The predicted octanol–water partition coefficient (Wildman–Crippen LogP) is 10.9. The van der Waals surface area contributed by atoms with Crippen molar-refractivity contribution >= 4 is 69.9 Å². The molecule has 20 heteroatoms. The maximum atomic E-state index is 14.5. The van der Waals surface area contributed by atoms with Gasteiger partial charge in [0.05, 0.1) is 62.4 Å². The van der Waals surface area contributed by atoms with Gasteiger partial charge in [0.2, 0.25) is 17.7 Å². The SMILES string of the molecule is COc1cc2c(cc1OCCCOc1cc3c(cc1C)C(=O)N1CC4(CC4)C[C@H]1C(O)N3C(=O)OCc1ccc(CC(=O)[C@H](C)NC(=O)[C@@H](CC(=O)CNC(=O)CCC(=O)CCC(=O)N3Cc4ccccc4C#Cc4ccccc43)C(C)C)cc1)CC[C@@H]1CC(c3ccc(C)cc3)=CN1C2=O. The average molecular weight is 1370 g/mol. The number of para-hydroxylation sites is 1. The van der Waals surface area contributed by atoms with Crippen molar-refractivity contribution in [2.75, 3.05) is 43.2 Å². The van der Waals surface area contributed by atoms with Crippen molar-refractivity contribution in [3.63, 3.8) is 0 Å². The Morgan fingerprint density at radius 1 is 0.723 bits per heavy atom. The standard InChI is InChI=1S/C81H86N6O14/c1-49(2)64(40-63(89)44-82-74(91)30-28-62(88)29-31-75(92)85-45-59-14-8-7-12-55(59)24-25-57-13-9-10-15-67(57)85)76(93)83-52(5)70(90)37-53-18-20-54(21-19-53)47-101-80(97)87-68-42-71(51(4)36-66(68)78(95)86-48-81(32-33-81)43-69(86)79(87)96)99-34-11-35-100-73-39-58-26-27-61-38-60(56-22-16-50(3)17-23-56)46-84(61)77(94)65(58)41-72(73)98-6/h7-10,12-23,36,39,41-42,46,49,52,61,64,69,79,96H,11,26-35,37-38,40,43-45,47-48H2,1-6H3,(H,82,91)(H,83,93)/t52-,61+,64-,69-,79?/m0/s1. The van der Waals surface area contributed by atoms with Crippen molar-refractivity contribution < 1.29 is 67.2 Å². The number of carbonyl (C=O) groups is 9. The summed E-state index contributed by atoms with van der Waals surface area (Å²) in [5, 5.41) is 17.5. The summed E-state index contributed by atoms with van der Waals surface area (Å²) in [4.78, 5) is 129. The number of aryl methyl sites for hydroxylation is 3. The highest BCUT2D eigenvalue weighted by Gasteiger charge is 2.58. The van der Waals surface area contributed by atoms with Crippen LogP contribution in [0.1, 0.15) is 162 Å². The topological polar surface area (TPSA) is 248 Å². The molecule has 3 N–H and O–H groups in total. The number of ketones is 3. The van der Waals surface area contributed by atoms with E-state index in [0.29, 0.717) is 83.1 Å². The number of hydrogen-bond acceptors (Lipinski definition) is 14. The Kier molecular flexibility index (Phi) is 21.4. The molecule has 1 aliphatic carbocycles. The molecule has 524 valence electrons. The first-order valence-corrected chi connectivity index (χ1v) is 35.0. The number of fused-ring (bicyclic) bond motifs is 6. The van der Waals surface area contributed by atoms with Crippen LogP contribution in [-0.4, -0.2) is 126 Å². The summed E-state index contributed by atoms with van der Waals surface area (Å²) in [6, 6.07) is 35.6. The molecule has 1 saturated heterocycles. The first-order valence-electron chi connectivity index (χ1n) is 35.0. The summed E-state index contributed by atoms with van der Waals surface area (Å²) in [6.45, 7) is 9.68. The van der Waals surface area contributed by atoms with Crippen molar-refractivity contribution in [2.45, 2.75) is 156 Å². The number of anilines is 2. The molecular weight excluding hydrogens is 1280 g/mol. The number of nitrogens with zero attached hydrogens (tertiary/aromatic N) is 4. The van der Waals surface area contributed by atoms with Gasteiger partial charge in [-0.1, -0.05) is 110 Å². The van der Waals surface area contributed by atoms with Crippen LogP contribution in [0.25, 0.3) is 5.57 Å². The lowest BCUT2D eigenvalue weighted by molar-refractivity contribution is -0.133.